The molecule has 1 aliphatic carbocycles. The first-order valence-corrected chi connectivity index (χ1v) is 9.26. The fourth-order valence-electron chi connectivity index (χ4n) is 4.89. The van der Waals surface area contributed by atoms with Gasteiger partial charge in [0, 0.05) is 23.4 Å². The molecule has 3 heteroatoms. The van der Waals surface area contributed by atoms with Gasteiger partial charge in [-0.2, -0.15) is 0 Å². The topological polar surface area (TPSA) is 20.3 Å². The SMILES string of the molecule is CC(C)(C)C1CCC(C(=O)N2C3CCC2CC(Cl)C3)CC1. The van der Waals surface area contributed by atoms with Crippen LogP contribution in [-0.4, -0.2) is 28.3 Å². The minimum Gasteiger partial charge on any atom is -0.336 e. The second-order valence-corrected chi connectivity index (χ2v) is 9.23. The Morgan fingerprint density at radius 3 is 1.95 bits per heavy atom. The van der Waals surface area contributed by atoms with Gasteiger partial charge in [-0.15, -0.1) is 11.6 Å². The van der Waals surface area contributed by atoms with Gasteiger partial charge in [-0.3, -0.25) is 4.79 Å². The van der Waals surface area contributed by atoms with E-state index in [1.807, 2.05) is 0 Å². The third kappa shape index (κ3) is 3.11. The third-order valence-corrected chi connectivity index (χ3v) is 6.59. The Hall–Kier alpha value is -0.240. The van der Waals surface area contributed by atoms with E-state index in [9.17, 15) is 4.79 Å². The Morgan fingerprint density at radius 2 is 1.48 bits per heavy atom. The lowest BCUT2D eigenvalue weighted by Crippen LogP contribution is -2.49. The average molecular weight is 312 g/mol. The number of rotatable bonds is 1. The molecule has 21 heavy (non-hydrogen) atoms. The van der Waals surface area contributed by atoms with Crippen LogP contribution in [0.3, 0.4) is 0 Å². The first kappa shape index (κ1) is 15.6. The zero-order valence-electron chi connectivity index (χ0n) is 13.8. The minimum absolute atomic E-state index is 0.290. The number of piperidine rings is 1. The second kappa shape index (κ2) is 5.76. The van der Waals surface area contributed by atoms with Crippen LogP contribution in [0.4, 0.5) is 0 Å². The predicted molar refractivity (Wildman–Crippen MR) is 87.4 cm³/mol. The lowest BCUT2D eigenvalue weighted by atomic mass is 9.69. The van der Waals surface area contributed by atoms with Gasteiger partial charge in [-0.05, 0) is 62.7 Å². The number of nitrogens with zero attached hydrogens (tertiary/aromatic N) is 1. The highest BCUT2D eigenvalue weighted by atomic mass is 35.5. The zero-order valence-corrected chi connectivity index (χ0v) is 14.5. The van der Waals surface area contributed by atoms with Crippen LogP contribution < -0.4 is 0 Å². The van der Waals surface area contributed by atoms with Crippen molar-refractivity contribution in [2.24, 2.45) is 17.3 Å². The highest BCUT2D eigenvalue weighted by Gasteiger charge is 2.45. The molecule has 0 spiro atoms. The number of fused-ring (bicyclic) bond motifs is 2. The summed E-state index contributed by atoms with van der Waals surface area (Å²) in [7, 11) is 0. The van der Waals surface area contributed by atoms with Gasteiger partial charge in [-0.25, -0.2) is 0 Å². The van der Waals surface area contributed by atoms with E-state index in [-0.39, 0.29) is 0 Å². The first-order valence-electron chi connectivity index (χ1n) is 8.82. The highest BCUT2D eigenvalue weighted by molar-refractivity contribution is 6.20. The third-order valence-electron chi connectivity index (χ3n) is 6.23. The second-order valence-electron chi connectivity index (χ2n) is 8.61. The molecule has 0 aromatic rings. The Kier molecular flexibility index (Phi) is 4.29. The molecular formula is C18H30ClNO. The first-order chi connectivity index (χ1) is 9.86. The molecule has 2 bridgehead atoms. The number of hydrogen-bond donors (Lipinski definition) is 0. The molecule has 0 aromatic carbocycles. The van der Waals surface area contributed by atoms with Gasteiger partial charge < -0.3 is 4.90 Å². The molecular weight excluding hydrogens is 282 g/mol. The smallest absolute Gasteiger partial charge is 0.226 e. The molecule has 2 atom stereocenters. The summed E-state index contributed by atoms with van der Waals surface area (Å²) in [6.45, 7) is 7.02. The molecule has 1 amide bonds. The van der Waals surface area contributed by atoms with Gasteiger partial charge in [0.1, 0.15) is 0 Å². The summed E-state index contributed by atoms with van der Waals surface area (Å²) < 4.78 is 0. The molecule has 0 radical (unpaired) electrons. The fourth-order valence-corrected chi connectivity index (χ4v) is 5.30. The van der Waals surface area contributed by atoms with Crippen LogP contribution in [0.2, 0.25) is 0 Å². The fraction of sp³-hybridized carbons (Fsp3) is 0.944. The molecule has 2 nitrogen and oxygen atoms in total. The van der Waals surface area contributed by atoms with Crippen LogP contribution in [-0.2, 0) is 4.79 Å². The number of carbonyl (C=O) groups excluding carboxylic acids is 1. The quantitative estimate of drug-likeness (QED) is 0.648. The zero-order chi connectivity index (χ0) is 15.2. The van der Waals surface area contributed by atoms with Crippen molar-refractivity contribution >= 4 is 17.5 Å². The van der Waals surface area contributed by atoms with Crippen LogP contribution in [0.15, 0.2) is 0 Å². The summed E-state index contributed by atoms with van der Waals surface area (Å²) in [6.07, 6.45) is 9.03. The van der Waals surface area contributed by atoms with E-state index < -0.39 is 0 Å². The number of carbonyl (C=O) groups is 1. The molecule has 1 saturated carbocycles. The molecule has 2 aliphatic heterocycles. The molecule has 2 heterocycles. The molecule has 2 saturated heterocycles. The molecule has 120 valence electrons. The van der Waals surface area contributed by atoms with Crippen molar-refractivity contribution in [3.05, 3.63) is 0 Å². The predicted octanol–water partition coefficient (Wildman–Crippen LogP) is 4.60. The maximum atomic E-state index is 13.0. The summed E-state index contributed by atoms with van der Waals surface area (Å²) in [6, 6.07) is 0.887. The molecule has 3 aliphatic rings. The monoisotopic (exact) mass is 311 g/mol. The standard InChI is InChI=1S/C18H30ClNO/c1-18(2,3)13-6-4-12(5-7-13)17(21)20-15-8-9-16(20)11-14(19)10-15/h12-16H,4-11H2,1-3H3. The van der Waals surface area contributed by atoms with E-state index in [0.717, 1.165) is 31.6 Å². The largest absolute Gasteiger partial charge is 0.336 e. The van der Waals surface area contributed by atoms with Gasteiger partial charge >= 0.3 is 0 Å². The van der Waals surface area contributed by atoms with Gasteiger partial charge in [0.15, 0.2) is 0 Å². The normalized spacial score (nSPS) is 40.4. The van der Waals surface area contributed by atoms with Crippen molar-refractivity contribution in [1.29, 1.82) is 0 Å². The number of amides is 1. The summed E-state index contributed by atoms with van der Waals surface area (Å²) in [5, 5.41) is 0.295. The van der Waals surface area contributed by atoms with E-state index in [4.69, 9.17) is 11.6 Å². The van der Waals surface area contributed by atoms with E-state index in [0.29, 0.717) is 34.7 Å². The lowest BCUT2D eigenvalue weighted by molar-refractivity contribution is -0.141. The van der Waals surface area contributed by atoms with Crippen molar-refractivity contribution < 1.29 is 4.79 Å². The number of alkyl halides is 1. The average Bonchev–Trinajstić information content (AvgIpc) is 2.69. The minimum atomic E-state index is 0.290. The van der Waals surface area contributed by atoms with Crippen LogP contribution in [0.25, 0.3) is 0 Å². The van der Waals surface area contributed by atoms with Crippen LogP contribution in [0.1, 0.15) is 72.1 Å². The molecule has 0 aromatic heterocycles. The van der Waals surface area contributed by atoms with Gasteiger partial charge in [-0.1, -0.05) is 20.8 Å². The van der Waals surface area contributed by atoms with Crippen molar-refractivity contribution in [2.75, 3.05) is 0 Å². The highest BCUT2D eigenvalue weighted by Crippen LogP contribution is 2.43. The summed E-state index contributed by atoms with van der Waals surface area (Å²) in [5.41, 5.74) is 0.393. The molecule has 2 unspecified atom stereocenters. The van der Waals surface area contributed by atoms with Gasteiger partial charge in [0.25, 0.3) is 0 Å². The molecule has 3 fully saturated rings. The van der Waals surface area contributed by atoms with Crippen molar-refractivity contribution in [2.45, 2.75) is 89.6 Å². The van der Waals surface area contributed by atoms with Crippen LogP contribution >= 0.6 is 11.6 Å². The number of hydrogen-bond acceptors (Lipinski definition) is 1. The summed E-state index contributed by atoms with van der Waals surface area (Å²) in [5.74, 6) is 1.53. The van der Waals surface area contributed by atoms with E-state index in [2.05, 4.69) is 25.7 Å². The van der Waals surface area contributed by atoms with Crippen molar-refractivity contribution in [3.63, 3.8) is 0 Å². The number of halogens is 1. The van der Waals surface area contributed by atoms with Crippen molar-refractivity contribution in [1.82, 2.24) is 4.90 Å². The molecule has 0 N–H and O–H groups in total. The Balaban J connectivity index is 1.60. The Morgan fingerprint density at radius 1 is 0.952 bits per heavy atom. The Bertz CT molecular complexity index is 381. The maximum Gasteiger partial charge on any atom is 0.226 e. The van der Waals surface area contributed by atoms with Crippen LogP contribution in [0.5, 0.6) is 0 Å². The van der Waals surface area contributed by atoms with Gasteiger partial charge in [0.05, 0.1) is 0 Å². The van der Waals surface area contributed by atoms with Gasteiger partial charge in [0.2, 0.25) is 5.91 Å². The lowest BCUT2D eigenvalue weighted by Gasteiger charge is -2.42. The van der Waals surface area contributed by atoms with E-state index in [1.165, 1.54) is 25.7 Å². The summed E-state index contributed by atoms with van der Waals surface area (Å²) >= 11 is 6.33. The van der Waals surface area contributed by atoms with Crippen LogP contribution in [0, 0.1) is 17.3 Å². The Labute approximate surface area is 134 Å². The molecule has 3 rings (SSSR count). The summed E-state index contributed by atoms with van der Waals surface area (Å²) in [4.78, 5) is 15.2. The van der Waals surface area contributed by atoms with E-state index in [1.54, 1.807) is 0 Å². The van der Waals surface area contributed by atoms with E-state index >= 15 is 0 Å². The van der Waals surface area contributed by atoms with Crippen molar-refractivity contribution in [3.8, 4) is 0 Å². The maximum absolute atomic E-state index is 13.0.